The van der Waals surface area contributed by atoms with Crippen molar-refractivity contribution in [3.8, 4) is 0 Å². The molecule has 1 fully saturated rings. The van der Waals surface area contributed by atoms with Crippen molar-refractivity contribution in [1.82, 2.24) is 9.55 Å². The fourth-order valence-electron chi connectivity index (χ4n) is 2.55. The van der Waals surface area contributed by atoms with Crippen LogP contribution in [-0.4, -0.2) is 9.55 Å². The molecule has 3 rings (SSSR count). The quantitative estimate of drug-likeness (QED) is 0.825. The van der Waals surface area contributed by atoms with Crippen LogP contribution in [0.15, 0.2) is 18.2 Å². The molecule has 1 aromatic carbocycles. The zero-order chi connectivity index (χ0) is 11.3. The monoisotopic (exact) mass is 235 g/mol. The molecule has 1 aliphatic carbocycles. The summed E-state index contributed by atoms with van der Waals surface area (Å²) in [6, 6.07) is 5.72. The fourth-order valence-corrected chi connectivity index (χ4v) is 2.71. The average molecular weight is 236 g/mol. The molecular weight excluding hydrogens is 222 g/mol. The lowest BCUT2D eigenvalue weighted by molar-refractivity contribution is 0.177. The smallest absolute Gasteiger partial charge is 0.201 e. The van der Waals surface area contributed by atoms with Gasteiger partial charge in [0.2, 0.25) is 5.95 Å². The van der Waals surface area contributed by atoms with Crippen molar-refractivity contribution in [3.05, 3.63) is 23.2 Å². The summed E-state index contributed by atoms with van der Waals surface area (Å²) in [5, 5.41) is 0.733. The summed E-state index contributed by atoms with van der Waals surface area (Å²) >= 11 is 6.03. The normalized spacial score (nSPS) is 18.6. The van der Waals surface area contributed by atoms with Crippen molar-refractivity contribution in [2.75, 3.05) is 5.73 Å². The van der Waals surface area contributed by atoms with Crippen molar-refractivity contribution >= 4 is 28.6 Å². The number of hydrogen-bond donors (Lipinski definition) is 1. The zero-order valence-electron chi connectivity index (χ0n) is 9.20. The van der Waals surface area contributed by atoms with E-state index in [2.05, 4.69) is 16.5 Å². The van der Waals surface area contributed by atoms with Crippen LogP contribution in [-0.2, 0) is 5.54 Å². The van der Waals surface area contributed by atoms with Crippen LogP contribution in [0.1, 0.15) is 26.2 Å². The minimum Gasteiger partial charge on any atom is -0.369 e. The second kappa shape index (κ2) is 3.14. The Kier molecular flexibility index (Phi) is 1.96. The summed E-state index contributed by atoms with van der Waals surface area (Å²) in [4.78, 5) is 4.38. The highest BCUT2D eigenvalue weighted by atomic mass is 35.5. The number of aromatic nitrogens is 2. The molecule has 0 saturated heterocycles. The van der Waals surface area contributed by atoms with Crippen LogP contribution in [0.2, 0.25) is 5.02 Å². The van der Waals surface area contributed by atoms with Gasteiger partial charge in [0.15, 0.2) is 0 Å². The molecule has 16 heavy (non-hydrogen) atoms. The number of imidazole rings is 1. The third kappa shape index (κ3) is 1.24. The van der Waals surface area contributed by atoms with Crippen LogP contribution < -0.4 is 5.73 Å². The SMILES string of the molecule is CC1(n2c(N)nc3ccc(Cl)cc32)CCC1. The van der Waals surface area contributed by atoms with Crippen LogP contribution in [0.3, 0.4) is 0 Å². The highest BCUT2D eigenvalue weighted by Gasteiger charge is 2.36. The summed E-state index contributed by atoms with van der Waals surface area (Å²) in [5.74, 6) is 0.597. The summed E-state index contributed by atoms with van der Waals surface area (Å²) in [6.07, 6.45) is 3.58. The number of nitrogen functional groups attached to an aromatic ring is 1. The van der Waals surface area contributed by atoms with E-state index in [1.807, 2.05) is 18.2 Å². The lowest BCUT2D eigenvalue weighted by Crippen LogP contribution is -2.37. The highest BCUT2D eigenvalue weighted by molar-refractivity contribution is 6.31. The Morgan fingerprint density at radius 3 is 2.81 bits per heavy atom. The molecule has 0 aliphatic heterocycles. The second-order valence-electron chi connectivity index (χ2n) is 4.79. The number of nitrogens with two attached hydrogens (primary N) is 1. The van der Waals surface area contributed by atoms with Crippen LogP contribution in [0.5, 0.6) is 0 Å². The summed E-state index contributed by atoms with van der Waals surface area (Å²) < 4.78 is 2.14. The summed E-state index contributed by atoms with van der Waals surface area (Å²) in [6.45, 7) is 2.23. The predicted molar refractivity (Wildman–Crippen MR) is 66.7 cm³/mol. The van der Waals surface area contributed by atoms with Gasteiger partial charge in [-0.2, -0.15) is 0 Å². The Balaban J connectivity index is 2.29. The first kappa shape index (κ1) is 9.97. The van der Waals surface area contributed by atoms with Crippen molar-refractivity contribution < 1.29 is 0 Å². The molecule has 0 atom stereocenters. The number of benzene rings is 1. The number of rotatable bonds is 1. The Bertz CT molecular complexity index is 555. The van der Waals surface area contributed by atoms with Crippen molar-refractivity contribution in [2.45, 2.75) is 31.7 Å². The van der Waals surface area contributed by atoms with E-state index < -0.39 is 0 Å². The van der Waals surface area contributed by atoms with Gasteiger partial charge in [-0.05, 0) is 44.4 Å². The van der Waals surface area contributed by atoms with Crippen molar-refractivity contribution in [2.24, 2.45) is 0 Å². The van der Waals surface area contributed by atoms with E-state index in [4.69, 9.17) is 17.3 Å². The first-order valence-corrected chi connectivity index (χ1v) is 5.92. The minimum absolute atomic E-state index is 0.128. The van der Waals surface area contributed by atoms with Crippen LogP contribution in [0.25, 0.3) is 11.0 Å². The Labute approximate surface area is 99.2 Å². The molecule has 0 unspecified atom stereocenters. The van der Waals surface area contributed by atoms with E-state index in [9.17, 15) is 0 Å². The maximum atomic E-state index is 6.03. The molecule has 4 heteroatoms. The molecule has 0 bridgehead atoms. The first-order valence-electron chi connectivity index (χ1n) is 5.54. The molecule has 2 aromatic rings. The van der Waals surface area contributed by atoms with Gasteiger partial charge in [0.25, 0.3) is 0 Å². The lowest BCUT2D eigenvalue weighted by atomic mass is 9.78. The van der Waals surface area contributed by atoms with E-state index in [1.54, 1.807) is 0 Å². The van der Waals surface area contributed by atoms with Gasteiger partial charge in [0.1, 0.15) is 0 Å². The van der Waals surface area contributed by atoms with E-state index in [1.165, 1.54) is 6.42 Å². The van der Waals surface area contributed by atoms with Crippen LogP contribution in [0.4, 0.5) is 5.95 Å². The van der Waals surface area contributed by atoms with E-state index in [-0.39, 0.29) is 5.54 Å². The van der Waals surface area contributed by atoms with Gasteiger partial charge in [-0.25, -0.2) is 4.98 Å². The topological polar surface area (TPSA) is 43.8 Å². The van der Waals surface area contributed by atoms with E-state index in [0.717, 1.165) is 28.9 Å². The molecule has 1 aliphatic rings. The van der Waals surface area contributed by atoms with Gasteiger partial charge in [-0.15, -0.1) is 0 Å². The molecule has 1 saturated carbocycles. The van der Waals surface area contributed by atoms with Crippen molar-refractivity contribution in [3.63, 3.8) is 0 Å². The van der Waals surface area contributed by atoms with Gasteiger partial charge in [-0.1, -0.05) is 11.6 Å². The number of hydrogen-bond acceptors (Lipinski definition) is 2. The lowest BCUT2D eigenvalue weighted by Gasteiger charge is -2.40. The van der Waals surface area contributed by atoms with Gasteiger partial charge >= 0.3 is 0 Å². The number of anilines is 1. The molecule has 1 heterocycles. The number of halogens is 1. The van der Waals surface area contributed by atoms with Gasteiger partial charge < -0.3 is 10.3 Å². The fraction of sp³-hybridized carbons (Fsp3) is 0.417. The largest absolute Gasteiger partial charge is 0.369 e. The second-order valence-corrected chi connectivity index (χ2v) is 5.23. The molecule has 1 aromatic heterocycles. The van der Waals surface area contributed by atoms with Gasteiger partial charge in [-0.3, -0.25) is 0 Å². The zero-order valence-corrected chi connectivity index (χ0v) is 9.96. The van der Waals surface area contributed by atoms with Gasteiger partial charge in [0, 0.05) is 10.6 Å². The van der Waals surface area contributed by atoms with Crippen LogP contribution in [0, 0.1) is 0 Å². The van der Waals surface area contributed by atoms with Crippen LogP contribution >= 0.6 is 11.6 Å². The molecule has 3 nitrogen and oxygen atoms in total. The first-order chi connectivity index (χ1) is 7.60. The average Bonchev–Trinajstić information content (AvgIpc) is 2.50. The highest BCUT2D eigenvalue weighted by Crippen LogP contribution is 2.42. The molecule has 84 valence electrons. The third-order valence-electron chi connectivity index (χ3n) is 3.61. The molecular formula is C12H14ClN3. The number of nitrogens with zero attached hydrogens (tertiary/aromatic N) is 2. The maximum Gasteiger partial charge on any atom is 0.201 e. The Morgan fingerprint density at radius 1 is 1.44 bits per heavy atom. The summed E-state index contributed by atoms with van der Waals surface area (Å²) in [5.41, 5.74) is 8.11. The minimum atomic E-state index is 0.128. The standard InChI is InChI=1S/C12H14ClN3/c1-12(5-2-6-12)16-10-7-8(13)3-4-9(10)15-11(16)14/h3-4,7H,2,5-6H2,1H3,(H2,14,15). The van der Waals surface area contributed by atoms with E-state index >= 15 is 0 Å². The Hall–Kier alpha value is -1.22. The Morgan fingerprint density at radius 2 is 2.19 bits per heavy atom. The van der Waals surface area contributed by atoms with E-state index in [0.29, 0.717) is 5.95 Å². The third-order valence-corrected chi connectivity index (χ3v) is 3.85. The molecule has 0 radical (unpaired) electrons. The maximum absolute atomic E-state index is 6.03. The molecule has 0 amide bonds. The predicted octanol–water partition coefficient (Wildman–Crippen LogP) is 3.17. The van der Waals surface area contributed by atoms with Crippen molar-refractivity contribution in [1.29, 1.82) is 0 Å². The molecule has 0 spiro atoms. The summed E-state index contributed by atoms with van der Waals surface area (Å²) in [7, 11) is 0. The number of fused-ring (bicyclic) bond motifs is 1. The van der Waals surface area contributed by atoms with Gasteiger partial charge in [0.05, 0.1) is 11.0 Å². The molecule has 2 N–H and O–H groups in total.